The zero-order valence-electron chi connectivity index (χ0n) is 9.76. The summed E-state index contributed by atoms with van der Waals surface area (Å²) < 4.78 is 13.2. The minimum Gasteiger partial charge on any atom is -0.385 e. The normalized spacial score (nSPS) is 30.4. The molecule has 2 nitrogen and oxygen atoms in total. The van der Waals surface area contributed by atoms with Crippen molar-refractivity contribution in [3.8, 4) is 0 Å². The monoisotopic (exact) mass is 223 g/mol. The smallest absolute Gasteiger partial charge is 0.126 e. The maximum absolute atomic E-state index is 13.2. The van der Waals surface area contributed by atoms with Gasteiger partial charge in [-0.05, 0) is 37.1 Å². The molecule has 1 aromatic carbocycles. The molecule has 0 amide bonds. The highest BCUT2D eigenvalue weighted by Crippen LogP contribution is 2.35. The molecule has 0 aromatic heterocycles. The molecule has 0 radical (unpaired) electrons. The summed E-state index contributed by atoms with van der Waals surface area (Å²) in [7, 11) is 0. The zero-order valence-corrected chi connectivity index (χ0v) is 9.76. The largest absolute Gasteiger partial charge is 0.385 e. The van der Waals surface area contributed by atoms with Gasteiger partial charge in [0, 0.05) is 12.5 Å². The average molecular weight is 223 g/mol. The molecule has 0 spiro atoms. The van der Waals surface area contributed by atoms with Gasteiger partial charge in [0.25, 0.3) is 0 Å². The molecule has 2 rings (SSSR count). The van der Waals surface area contributed by atoms with Crippen LogP contribution < -0.4 is 5.32 Å². The first kappa shape index (κ1) is 11.6. The minimum absolute atomic E-state index is 0.145. The maximum atomic E-state index is 13.2. The Hall–Kier alpha value is -0.930. The van der Waals surface area contributed by atoms with Crippen LogP contribution in [-0.2, 0) is 5.60 Å². The molecule has 0 aliphatic carbocycles. The highest BCUT2D eigenvalue weighted by Gasteiger charge is 2.37. The van der Waals surface area contributed by atoms with E-state index in [1.807, 2.05) is 6.92 Å². The summed E-state index contributed by atoms with van der Waals surface area (Å²) in [5, 5.41) is 13.9. The molecular formula is C13H18FNO. The van der Waals surface area contributed by atoms with Crippen LogP contribution in [0.2, 0.25) is 0 Å². The number of nitrogens with one attached hydrogen (secondary N) is 1. The Labute approximate surface area is 95.5 Å². The van der Waals surface area contributed by atoms with Gasteiger partial charge >= 0.3 is 0 Å². The van der Waals surface area contributed by atoms with E-state index in [4.69, 9.17) is 0 Å². The van der Waals surface area contributed by atoms with Crippen molar-refractivity contribution in [2.24, 2.45) is 5.92 Å². The van der Waals surface area contributed by atoms with Gasteiger partial charge in [-0.1, -0.05) is 19.1 Å². The Morgan fingerprint density at radius 1 is 1.50 bits per heavy atom. The number of hydrogen-bond donors (Lipinski definition) is 2. The molecular weight excluding hydrogens is 205 g/mol. The van der Waals surface area contributed by atoms with Gasteiger partial charge in [0.15, 0.2) is 0 Å². The Bertz CT molecular complexity index is 394. The fourth-order valence-electron chi connectivity index (χ4n) is 2.36. The molecule has 88 valence electrons. The number of aliphatic hydroxyl groups is 1. The summed E-state index contributed by atoms with van der Waals surface area (Å²) in [6.07, 6.45) is 0.680. The van der Waals surface area contributed by atoms with Crippen molar-refractivity contribution in [2.45, 2.75) is 25.9 Å². The van der Waals surface area contributed by atoms with Crippen LogP contribution in [0.25, 0.3) is 0 Å². The van der Waals surface area contributed by atoms with E-state index in [1.165, 1.54) is 6.07 Å². The molecule has 1 aliphatic heterocycles. The molecule has 1 saturated heterocycles. The molecule has 1 fully saturated rings. The van der Waals surface area contributed by atoms with Gasteiger partial charge in [0.05, 0.1) is 5.60 Å². The SMILES string of the molecule is Cc1cc(C2(O)CCNCC2C)ccc1F. The van der Waals surface area contributed by atoms with Crippen LogP contribution in [0.1, 0.15) is 24.5 Å². The van der Waals surface area contributed by atoms with Gasteiger partial charge in [0.1, 0.15) is 5.82 Å². The van der Waals surface area contributed by atoms with E-state index in [-0.39, 0.29) is 11.7 Å². The second-order valence-corrected chi connectivity index (χ2v) is 4.74. The van der Waals surface area contributed by atoms with Crippen LogP contribution in [0.3, 0.4) is 0 Å². The van der Waals surface area contributed by atoms with Crippen molar-refractivity contribution >= 4 is 0 Å². The van der Waals surface area contributed by atoms with E-state index in [1.54, 1.807) is 19.1 Å². The van der Waals surface area contributed by atoms with Crippen LogP contribution in [0.5, 0.6) is 0 Å². The first-order chi connectivity index (χ1) is 7.54. The van der Waals surface area contributed by atoms with Crippen molar-refractivity contribution < 1.29 is 9.50 Å². The van der Waals surface area contributed by atoms with Gasteiger partial charge in [-0.3, -0.25) is 0 Å². The van der Waals surface area contributed by atoms with Crippen LogP contribution in [-0.4, -0.2) is 18.2 Å². The highest BCUT2D eigenvalue weighted by molar-refractivity contribution is 5.29. The van der Waals surface area contributed by atoms with Crippen molar-refractivity contribution in [3.63, 3.8) is 0 Å². The first-order valence-electron chi connectivity index (χ1n) is 5.74. The van der Waals surface area contributed by atoms with Crippen molar-refractivity contribution in [1.82, 2.24) is 5.32 Å². The molecule has 2 N–H and O–H groups in total. The number of aryl methyl sites for hydroxylation is 1. The third kappa shape index (κ3) is 1.85. The highest BCUT2D eigenvalue weighted by atomic mass is 19.1. The lowest BCUT2D eigenvalue weighted by Gasteiger charge is -2.39. The molecule has 16 heavy (non-hydrogen) atoms. The van der Waals surface area contributed by atoms with Crippen LogP contribution in [0, 0.1) is 18.7 Å². The molecule has 0 saturated carbocycles. The average Bonchev–Trinajstić information content (AvgIpc) is 2.26. The Morgan fingerprint density at radius 3 is 2.88 bits per heavy atom. The number of hydrogen-bond acceptors (Lipinski definition) is 2. The third-order valence-electron chi connectivity index (χ3n) is 3.61. The molecule has 1 aliphatic rings. The lowest BCUT2D eigenvalue weighted by Crippen LogP contribution is -2.46. The number of piperidine rings is 1. The summed E-state index contributed by atoms with van der Waals surface area (Å²) in [5.41, 5.74) is 0.612. The van der Waals surface area contributed by atoms with Crippen molar-refractivity contribution in [1.29, 1.82) is 0 Å². The Balaban J connectivity index is 2.37. The third-order valence-corrected chi connectivity index (χ3v) is 3.61. The van der Waals surface area contributed by atoms with Crippen molar-refractivity contribution in [3.05, 3.63) is 35.1 Å². The first-order valence-corrected chi connectivity index (χ1v) is 5.74. The minimum atomic E-state index is -0.816. The molecule has 2 atom stereocenters. The Kier molecular flexibility index (Phi) is 3.00. The van der Waals surface area contributed by atoms with Crippen molar-refractivity contribution in [2.75, 3.05) is 13.1 Å². The molecule has 2 unspecified atom stereocenters. The predicted octanol–water partition coefficient (Wildman–Crippen LogP) is 1.95. The number of benzene rings is 1. The summed E-state index contributed by atoms with van der Waals surface area (Å²) in [6.45, 7) is 5.35. The second kappa shape index (κ2) is 4.15. The number of halogens is 1. The van der Waals surface area contributed by atoms with E-state index >= 15 is 0 Å². The zero-order chi connectivity index (χ0) is 11.8. The standard InChI is InChI=1S/C13H18FNO/c1-9-7-11(3-4-12(9)14)13(16)5-6-15-8-10(13)2/h3-4,7,10,15-16H,5-6,8H2,1-2H3. The quantitative estimate of drug-likeness (QED) is 0.762. The topological polar surface area (TPSA) is 32.3 Å². The van der Waals surface area contributed by atoms with E-state index in [0.29, 0.717) is 12.0 Å². The number of rotatable bonds is 1. The van der Waals surface area contributed by atoms with Gasteiger partial charge < -0.3 is 10.4 Å². The van der Waals surface area contributed by atoms with E-state index in [2.05, 4.69) is 5.32 Å². The molecule has 0 bridgehead atoms. The predicted molar refractivity (Wildman–Crippen MR) is 61.7 cm³/mol. The van der Waals surface area contributed by atoms with Crippen LogP contribution in [0.4, 0.5) is 4.39 Å². The summed E-state index contributed by atoms with van der Waals surface area (Å²) in [5.74, 6) is -0.0694. The van der Waals surface area contributed by atoms with E-state index in [0.717, 1.165) is 18.7 Å². The lowest BCUT2D eigenvalue weighted by atomic mass is 9.77. The fraction of sp³-hybridized carbons (Fsp3) is 0.538. The summed E-state index contributed by atoms with van der Waals surface area (Å²) in [4.78, 5) is 0. The Morgan fingerprint density at radius 2 is 2.25 bits per heavy atom. The van der Waals surface area contributed by atoms with Crippen LogP contribution >= 0.6 is 0 Å². The molecule has 1 heterocycles. The van der Waals surface area contributed by atoms with E-state index in [9.17, 15) is 9.50 Å². The molecule has 1 aromatic rings. The van der Waals surface area contributed by atoms with Gasteiger partial charge in [-0.15, -0.1) is 0 Å². The summed E-state index contributed by atoms with van der Waals surface area (Å²) in [6, 6.07) is 4.90. The second-order valence-electron chi connectivity index (χ2n) is 4.74. The van der Waals surface area contributed by atoms with Gasteiger partial charge in [-0.25, -0.2) is 4.39 Å². The fourth-order valence-corrected chi connectivity index (χ4v) is 2.36. The van der Waals surface area contributed by atoms with E-state index < -0.39 is 5.60 Å². The maximum Gasteiger partial charge on any atom is 0.126 e. The van der Waals surface area contributed by atoms with Gasteiger partial charge in [0.2, 0.25) is 0 Å². The molecule has 3 heteroatoms. The summed E-state index contributed by atoms with van der Waals surface area (Å²) >= 11 is 0. The lowest BCUT2D eigenvalue weighted by molar-refractivity contribution is -0.0393. The van der Waals surface area contributed by atoms with Gasteiger partial charge in [-0.2, -0.15) is 0 Å². The van der Waals surface area contributed by atoms with Crippen LogP contribution in [0.15, 0.2) is 18.2 Å².